The summed E-state index contributed by atoms with van der Waals surface area (Å²) in [6, 6.07) is 13.4. The van der Waals surface area contributed by atoms with Crippen molar-refractivity contribution >= 4 is 16.6 Å². The average Bonchev–Trinajstić information content (AvgIpc) is 2.90. The summed E-state index contributed by atoms with van der Waals surface area (Å²) in [5, 5.41) is 1.03. The molecule has 0 spiro atoms. The van der Waals surface area contributed by atoms with E-state index in [1.807, 2.05) is 48.7 Å². The van der Waals surface area contributed by atoms with Gasteiger partial charge in [-0.2, -0.15) is 0 Å². The lowest BCUT2D eigenvalue weighted by atomic mass is 10.1. The largest absolute Gasteiger partial charge is 0.497 e. The van der Waals surface area contributed by atoms with Crippen LogP contribution in [-0.2, 0) is 6.61 Å². The van der Waals surface area contributed by atoms with Crippen molar-refractivity contribution in [3.8, 4) is 11.5 Å². The van der Waals surface area contributed by atoms with Gasteiger partial charge in [-0.05, 0) is 36.4 Å². The molecule has 0 bridgehead atoms. The maximum atomic E-state index is 6.02. The number of rotatable bonds is 4. The molecule has 0 atom stereocenters. The maximum absolute atomic E-state index is 6.02. The number of aromatic amines is 1. The number of ether oxygens (including phenoxy) is 2. The Balaban J connectivity index is 1.79. The molecule has 2 aromatic carbocycles. The summed E-state index contributed by atoms with van der Waals surface area (Å²) < 4.78 is 10.9. The van der Waals surface area contributed by atoms with Gasteiger partial charge < -0.3 is 20.2 Å². The summed E-state index contributed by atoms with van der Waals surface area (Å²) in [6.45, 7) is 0.473. The second-order valence-electron chi connectivity index (χ2n) is 4.55. The highest BCUT2D eigenvalue weighted by Crippen LogP contribution is 2.26. The van der Waals surface area contributed by atoms with Crippen molar-refractivity contribution in [1.82, 2.24) is 4.98 Å². The molecule has 3 aromatic rings. The fourth-order valence-corrected chi connectivity index (χ4v) is 2.23. The lowest BCUT2D eigenvalue weighted by Gasteiger charge is -2.07. The Morgan fingerprint density at radius 3 is 2.55 bits per heavy atom. The molecule has 20 heavy (non-hydrogen) atoms. The van der Waals surface area contributed by atoms with E-state index in [-0.39, 0.29) is 0 Å². The number of anilines is 1. The molecule has 0 aliphatic heterocycles. The van der Waals surface area contributed by atoms with E-state index < -0.39 is 0 Å². The lowest BCUT2D eigenvalue weighted by Crippen LogP contribution is -1.96. The van der Waals surface area contributed by atoms with E-state index in [9.17, 15) is 0 Å². The highest BCUT2D eigenvalue weighted by molar-refractivity contribution is 5.93. The molecule has 0 aliphatic carbocycles. The van der Waals surface area contributed by atoms with Gasteiger partial charge in [0, 0.05) is 28.4 Å². The van der Waals surface area contributed by atoms with Crippen LogP contribution in [0.25, 0.3) is 10.9 Å². The van der Waals surface area contributed by atoms with Crippen LogP contribution >= 0.6 is 0 Å². The fourth-order valence-electron chi connectivity index (χ4n) is 2.23. The predicted molar refractivity (Wildman–Crippen MR) is 80.0 cm³/mol. The molecule has 1 heterocycles. The van der Waals surface area contributed by atoms with Crippen molar-refractivity contribution in [2.24, 2.45) is 0 Å². The van der Waals surface area contributed by atoms with Gasteiger partial charge >= 0.3 is 0 Å². The molecule has 102 valence electrons. The summed E-state index contributed by atoms with van der Waals surface area (Å²) in [5.74, 6) is 1.61. The number of hydrogen-bond acceptors (Lipinski definition) is 3. The topological polar surface area (TPSA) is 60.3 Å². The number of hydrogen-bond donors (Lipinski definition) is 2. The fraction of sp³-hybridized carbons (Fsp3) is 0.125. The summed E-state index contributed by atoms with van der Waals surface area (Å²) in [7, 11) is 1.64. The SMILES string of the molecule is COc1ccc(OCc2c[nH]c3cccc(N)c23)cc1. The molecule has 0 saturated carbocycles. The number of nitrogens with one attached hydrogen (secondary N) is 1. The minimum atomic E-state index is 0.473. The van der Waals surface area contributed by atoms with Crippen molar-refractivity contribution in [2.75, 3.05) is 12.8 Å². The maximum Gasteiger partial charge on any atom is 0.120 e. The molecule has 4 nitrogen and oxygen atoms in total. The zero-order valence-electron chi connectivity index (χ0n) is 11.2. The molecule has 1 aromatic heterocycles. The number of aromatic nitrogens is 1. The first-order chi connectivity index (χ1) is 9.78. The summed E-state index contributed by atoms with van der Waals surface area (Å²) in [6.07, 6.45) is 1.94. The van der Waals surface area contributed by atoms with E-state index in [4.69, 9.17) is 15.2 Å². The quantitative estimate of drug-likeness (QED) is 0.713. The van der Waals surface area contributed by atoms with Crippen LogP contribution in [-0.4, -0.2) is 12.1 Å². The molecule has 0 radical (unpaired) electrons. The van der Waals surface area contributed by atoms with E-state index in [1.54, 1.807) is 7.11 Å². The Labute approximate surface area is 117 Å². The molecule has 4 heteroatoms. The van der Waals surface area contributed by atoms with Gasteiger partial charge in [-0.3, -0.25) is 0 Å². The standard InChI is InChI=1S/C16H16N2O2/c1-19-12-5-7-13(8-6-12)20-10-11-9-18-15-4-2-3-14(17)16(11)15/h2-9,18H,10,17H2,1H3. The van der Waals surface area contributed by atoms with Crippen molar-refractivity contribution in [3.63, 3.8) is 0 Å². The monoisotopic (exact) mass is 268 g/mol. The second kappa shape index (κ2) is 5.17. The predicted octanol–water partition coefficient (Wildman–Crippen LogP) is 3.34. The number of fused-ring (bicyclic) bond motifs is 1. The smallest absolute Gasteiger partial charge is 0.120 e. The van der Waals surface area contributed by atoms with Gasteiger partial charge in [0.2, 0.25) is 0 Å². The van der Waals surface area contributed by atoms with Crippen LogP contribution in [0.4, 0.5) is 5.69 Å². The third-order valence-corrected chi connectivity index (χ3v) is 3.27. The second-order valence-corrected chi connectivity index (χ2v) is 4.55. The van der Waals surface area contributed by atoms with Crippen LogP contribution in [0.2, 0.25) is 0 Å². The first-order valence-electron chi connectivity index (χ1n) is 6.39. The summed E-state index contributed by atoms with van der Waals surface area (Å²) in [4.78, 5) is 3.20. The summed E-state index contributed by atoms with van der Waals surface area (Å²) >= 11 is 0. The van der Waals surface area contributed by atoms with Gasteiger partial charge in [-0.25, -0.2) is 0 Å². The number of H-pyrrole nitrogens is 1. The third kappa shape index (κ3) is 2.28. The highest BCUT2D eigenvalue weighted by atomic mass is 16.5. The minimum Gasteiger partial charge on any atom is -0.497 e. The molecular formula is C16H16N2O2. The van der Waals surface area contributed by atoms with Gasteiger partial charge in [0.05, 0.1) is 7.11 Å². The van der Waals surface area contributed by atoms with Crippen LogP contribution in [0.5, 0.6) is 11.5 Å². The van der Waals surface area contributed by atoms with Crippen molar-refractivity contribution in [3.05, 3.63) is 54.2 Å². The molecule has 3 rings (SSSR count). The van der Waals surface area contributed by atoms with Crippen LogP contribution in [0.3, 0.4) is 0 Å². The Kier molecular flexibility index (Phi) is 3.21. The van der Waals surface area contributed by atoms with E-state index in [0.29, 0.717) is 6.61 Å². The molecule has 0 unspecified atom stereocenters. The number of methoxy groups -OCH3 is 1. The van der Waals surface area contributed by atoms with Crippen molar-refractivity contribution in [2.45, 2.75) is 6.61 Å². The van der Waals surface area contributed by atoms with Crippen molar-refractivity contribution < 1.29 is 9.47 Å². The number of nitrogens with two attached hydrogens (primary N) is 1. The van der Waals surface area contributed by atoms with E-state index in [0.717, 1.165) is 33.7 Å². The first-order valence-corrected chi connectivity index (χ1v) is 6.39. The van der Waals surface area contributed by atoms with E-state index in [2.05, 4.69) is 4.98 Å². The molecule has 0 saturated heterocycles. The zero-order chi connectivity index (χ0) is 13.9. The van der Waals surface area contributed by atoms with E-state index in [1.165, 1.54) is 0 Å². The Morgan fingerprint density at radius 2 is 1.80 bits per heavy atom. The number of nitrogen functional groups attached to an aromatic ring is 1. The van der Waals surface area contributed by atoms with Crippen molar-refractivity contribution in [1.29, 1.82) is 0 Å². The summed E-state index contributed by atoms with van der Waals surface area (Å²) in [5.41, 5.74) is 8.85. The van der Waals surface area contributed by atoms with Gasteiger partial charge in [-0.1, -0.05) is 6.07 Å². The first kappa shape index (κ1) is 12.4. The molecular weight excluding hydrogens is 252 g/mol. The van der Waals surface area contributed by atoms with Gasteiger partial charge in [0.25, 0.3) is 0 Å². The van der Waals surface area contributed by atoms with E-state index >= 15 is 0 Å². The number of benzene rings is 2. The lowest BCUT2D eigenvalue weighted by molar-refractivity contribution is 0.307. The van der Waals surface area contributed by atoms with Gasteiger partial charge in [0.1, 0.15) is 18.1 Å². The molecule has 3 N–H and O–H groups in total. The molecule has 0 amide bonds. The van der Waals surface area contributed by atoms with Crippen LogP contribution in [0.1, 0.15) is 5.56 Å². The average molecular weight is 268 g/mol. The Hall–Kier alpha value is -2.62. The zero-order valence-corrected chi connectivity index (χ0v) is 11.2. The molecule has 0 aliphatic rings. The van der Waals surface area contributed by atoms with Crippen LogP contribution in [0.15, 0.2) is 48.7 Å². The Bertz CT molecular complexity index is 717. The van der Waals surface area contributed by atoms with Gasteiger partial charge in [-0.15, -0.1) is 0 Å². The van der Waals surface area contributed by atoms with Crippen LogP contribution < -0.4 is 15.2 Å². The van der Waals surface area contributed by atoms with Crippen LogP contribution in [0, 0.1) is 0 Å². The van der Waals surface area contributed by atoms with Gasteiger partial charge in [0.15, 0.2) is 0 Å². The highest BCUT2D eigenvalue weighted by Gasteiger charge is 2.07. The molecule has 0 fully saturated rings. The third-order valence-electron chi connectivity index (χ3n) is 3.27. The normalized spacial score (nSPS) is 10.7. The minimum absolute atomic E-state index is 0.473. The Morgan fingerprint density at radius 1 is 1.05 bits per heavy atom.